The van der Waals surface area contributed by atoms with Gasteiger partial charge in [-0.2, -0.15) is 0 Å². The Bertz CT molecular complexity index is 1540. The number of hydrogen-bond donors (Lipinski definition) is 3. The molecule has 6 atom stereocenters. The van der Waals surface area contributed by atoms with Gasteiger partial charge in [-0.05, 0) is 88.2 Å². The van der Waals surface area contributed by atoms with Crippen LogP contribution in [0.25, 0.3) is 0 Å². The zero-order valence-corrected chi connectivity index (χ0v) is 30.9. The van der Waals surface area contributed by atoms with Gasteiger partial charge in [-0.1, -0.05) is 60.7 Å². The number of hydrogen-bond acceptors (Lipinski definition) is 8. The fourth-order valence-corrected chi connectivity index (χ4v) is 8.79. The molecular formula is C41H53N5O8. The Morgan fingerprint density at radius 2 is 1.09 bits per heavy atom. The molecule has 3 amide bonds. The molecule has 0 spiro atoms. The molecule has 2 aromatic carbocycles. The van der Waals surface area contributed by atoms with Gasteiger partial charge in [-0.25, -0.2) is 19.6 Å². The highest BCUT2D eigenvalue weighted by molar-refractivity contribution is 5.92. The molecule has 0 radical (unpaired) electrons. The van der Waals surface area contributed by atoms with E-state index in [2.05, 4.69) is 5.32 Å². The predicted molar refractivity (Wildman–Crippen MR) is 198 cm³/mol. The summed E-state index contributed by atoms with van der Waals surface area (Å²) in [5.41, 5.74) is 1.90. The van der Waals surface area contributed by atoms with Gasteiger partial charge in [0.2, 0.25) is 11.8 Å². The molecule has 4 heterocycles. The second-order valence-corrected chi connectivity index (χ2v) is 15.3. The maximum absolute atomic E-state index is 14.3. The molecule has 3 N–H and O–H groups in total. The van der Waals surface area contributed by atoms with Crippen LogP contribution in [0.4, 0.5) is 0 Å². The Hall–Kier alpha value is -4.62. The molecule has 6 rings (SSSR count). The summed E-state index contributed by atoms with van der Waals surface area (Å²) in [7, 11) is 0. The van der Waals surface area contributed by atoms with Crippen molar-refractivity contribution in [2.45, 2.75) is 102 Å². The summed E-state index contributed by atoms with van der Waals surface area (Å²) in [5.74, 6) is -4.93. The van der Waals surface area contributed by atoms with Gasteiger partial charge in [0.05, 0.1) is 0 Å². The monoisotopic (exact) mass is 743 g/mol. The van der Waals surface area contributed by atoms with Gasteiger partial charge in [0, 0.05) is 50.4 Å². The normalized spacial score (nSPS) is 25.0. The molecule has 4 saturated heterocycles. The van der Waals surface area contributed by atoms with E-state index in [9.17, 15) is 39.0 Å². The summed E-state index contributed by atoms with van der Waals surface area (Å²) in [5, 5.41) is 29.2. The standard InChI is InChI=1S/C41H53N5O8/c47-36(27-32-15-7-21-43-23-9-17-34(40(51)52)45(43)38(32)49)30(25-28-11-3-1-4-12-28)19-20-31(26-29-13-5-2-6-14-29)37(48)42-33-16-8-22-44-24-10-18-35(41(53)54)46(44)39(33)50/h1-6,11-14,30-35H,7-10,15-27H2,(H,42,48)(H,51,52)(H,53,54)/t30-,31-,32-,33+,34+,35+/m1/s1. The predicted octanol–water partition coefficient (Wildman–Crippen LogP) is 3.72. The van der Waals surface area contributed by atoms with Gasteiger partial charge < -0.3 is 15.5 Å². The van der Waals surface area contributed by atoms with Crippen molar-refractivity contribution in [1.29, 1.82) is 0 Å². The largest absolute Gasteiger partial charge is 0.480 e. The number of carboxylic acid groups (broad SMARTS) is 2. The van der Waals surface area contributed by atoms with E-state index in [1.165, 1.54) is 10.0 Å². The minimum absolute atomic E-state index is 0.00375. The van der Waals surface area contributed by atoms with E-state index in [0.29, 0.717) is 103 Å². The Morgan fingerprint density at radius 3 is 1.63 bits per heavy atom. The average molecular weight is 744 g/mol. The van der Waals surface area contributed by atoms with E-state index < -0.39 is 53.7 Å². The number of hydrazine groups is 2. The molecule has 290 valence electrons. The van der Waals surface area contributed by atoms with Crippen LogP contribution in [0.1, 0.15) is 81.8 Å². The Morgan fingerprint density at radius 1 is 0.630 bits per heavy atom. The van der Waals surface area contributed by atoms with Gasteiger partial charge in [0.15, 0.2) is 0 Å². The van der Waals surface area contributed by atoms with Crippen LogP contribution in [0, 0.1) is 17.8 Å². The minimum atomic E-state index is -1.06. The number of amides is 3. The SMILES string of the molecule is O=C(C[C@H]1CCCN2CCC[C@@H](C(=O)O)N2C1=O)[C@H](CC[C@H](Cc1ccccc1)C(=O)N[C@H]1CCCN2CCC[C@@H](C(=O)O)N2C1=O)Cc1ccccc1. The van der Waals surface area contributed by atoms with E-state index in [0.717, 1.165) is 11.1 Å². The zero-order valence-electron chi connectivity index (χ0n) is 30.9. The van der Waals surface area contributed by atoms with Crippen molar-refractivity contribution in [2.75, 3.05) is 26.2 Å². The second-order valence-electron chi connectivity index (χ2n) is 15.3. The lowest BCUT2D eigenvalue weighted by atomic mass is 9.82. The van der Waals surface area contributed by atoms with Crippen molar-refractivity contribution in [2.24, 2.45) is 17.8 Å². The van der Waals surface area contributed by atoms with Gasteiger partial charge in [0.1, 0.15) is 23.9 Å². The third-order valence-electron chi connectivity index (χ3n) is 11.6. The maximum atomic E-state index is 14.3. The quantitative estimate of drug-likeness (QED) is 0.260. The number of carbonyl (C=O) groups excluding carboxylic acids is 4. The number of rotatable bonds is 14. The molecular weight excluding hydrogens is 690 g/mol. The summed E-state index contributed by atoms with van der Waals surface area (Å²) in [6.45, 7) is 2.31. The Labute approximate surface area is 316 Å². The maximum Gasteiger partial charge on any atom is 0.328 e. The molecule has 13 heteroatoms. The van der Waals surface area contributed by atoms with Crippen LogP contribution >= 0.6 is 0 Å². The molecule has 0 unspecified atom stereocenters. The number of fused-ring (bicyclic) bond motifs is 2. The van der Waals surface area contributed by atoms with Crippen molar-refractivity contribution >= 4 is 35.4 Å². The number of nitrogens with zero attached hydrogens (tertiary/aromatic N) is 4. The number of carboxylic acids is 2. The summed E-state index contributed by atoms with van der Waals surface area (Å²) in [6, 6.07) is 16.5. The van der Waals surface area contributed by atoms with E-state index in [1.807, 2.05) is 70.7 Å². The minimum Gasteiger partial charge on any atom is -0.480 e. The number of benzene rings is 2. The van der Waals surface area contributed by atoms with Gasteiger partial charge in [-0.3, -0.25) is 29.2 Å². The molecule has 0 saturated carbocycles. The van der Waals surface area contributed by atoms with Crippen LogP contribution in [-0.2, 0) is 41.6 Å². The fourth-order valence-electron chi connectivity index (χ4n) is 8.79. The number of ketones is 1. The number of nitrogens with one attached hydrogen (secondary N) is 1. The third kappa shape index (κ3) is 9.35. The van der Waals surface area contributed by atoms with Crippen molar-refractivity contribution in [3.8, 4) is 0 Å². The summed E-state index contributed by atoms with van der Waals surface area (Å²) in [4.78, 5) is 80.5. The highest BCUT2D eigenvalue weighted by Crippen LogP contribution is 2.31. The third-order valence-corrected chi connectivity index (χ3v) is 11.6. The van der Waals surface area contributed by atoms with Crippen LogP contribution in [-0.4, -0.2) is 110 Å². The van der Waals surface area contributed by atoms with E-state index >= 15 is 0 Å². The lowest BCUT2D eigenvalue weighted by Crippen LogP contribution is -2.61. The lowest BCUT2D eigenvalue weighted by Gasteiger charge is -2.42. The van der Waals surface area contributed by atoms with Gasteiger partial charge in [-0.15, -0.1) is 0 Å². The molecule has 13 nitrogen and oxygen atoms in total. The summed E-state index contributed by atoms with van der Waals surface area (Å²) in [6.07, 6.45) is 5.81. The summed E-state index contributed by atoms with van der Waals surface area (Å²) < 4.78 is 0. The van der Waals surface area contributed by atoms with Gasteiger partial charge >= 0.3 is 11.9 Å². The molecule has 0 aliphatic carbocycles. The summed E-state index contributed by atoms with van der Waals surface area (Å²) >= 11 is 0. The Kier molecular flexibility index (Phi) is 13.1. The first-order valence-electron chi connectivity index (χ1n) is 19.6. The van der Waals surface area contributed by atoms with Crippen LogP contribution in [0.2, 0.25) is 0 Å². The highest BCUT2D eigenvalue weighted by Gasteiger charge is 2.44. The van der Waals surface area contributed by atoms with Crippen molar-refractivity contribution in [3.63, 3.8) is 0 Å². The average Bonchev–Trinajstić information content (AvgIpc) is 3.43. The first-order valence-corrected chi connectivity index (χ1v) is 19.6. The molecule has 2 aromatic rings. The molecule has 0 bridgehead atoms. The Balaban J connectivity index is 1.20. The number of aliphatic carboxylic acids is 2. The van der Waals surface area contributed by atoms with Crippen LogP contribution in [0.3, 0.4) is 0 Å². The first kappa shape index (κ1) is 39.1. The lowest BCUT2D eigenvalue weighted by molar-refractivity contribution is -0.175. The van der Waals surface area contributed by atoms with Crippen molar-refractivity contribution in [3.05, 3.63) is 71.8 Å². The van der Waals surface area contributed by atoms with Crippen LogP contribution in [0.5, 0.6) is 0 Å². The zero-order chi connectivity index (χ0) is 38.2. The molecule has 0 aromatic heterocycles. The first-order chi connectivity index (χ1) is 26.1. The van der Waals surface area contributed by atoms with E-state index in [4.69, 9.17) is 0 Å². The topological polar surface area (TPSA) is 168 Å². The number of Topliss-reactive ketones (excluding diaryl/α,β-unsaturated/α-hetero) is 1. The molecule has 4 fully saturated rings. The highest BCUT2D eigenvalue weighted by atomic mass is 16.4. The van der Waals surface area contributed by atoms with Crippen LogP contribution in [0.15, 0.2) is 60.7 Å². The van der Waals surface area contributed by atoms with E-state index in [-0.39, 0.29) is 24.0 Å². The molecule has 4 aliphatic rings. The van der Waals surface area contributed by atoms with Crippen molar-refractivity contribution in [1.82, 2.24) is 25.4 Å². The van der Waals surface area contributed by atoms with Crippen LogP contribution < -0.4 is 5.32 Å². The van der Waals surface area contributed by atoms with Crippen molar-refractivity contribution < 1.29 is 39.0 Å². The smallest absolute Gasteiger partial charge is 0.328 e. The van der Waals surface area contributed by atoms with E-state index in [1.54, 1.807) is 0 Å². The molecule has 4 aliphatic heterocycles. The number of carbonyl (C=O) groups is 6. The second kappa shape index (κ2) is 18.1. The molecule has 54 heavy (non-hydrogen) atoms. The fraction of sp³-hybridized carbons (Fsp3) is 0.561. The van der Waals surface area contributed by atoms with Gasteiger partial charge in [0.25, 0.3) is 5.91 Å².